The van der Waals surface area contributed by atoms with Crippen LogP contribution in [0.5, 0.6) is 0 Å². The van der Waals surface area contributed by atoms with E-state index >= 15 is 0 Å². The van der Waals surface area contributed by atoms with Crippen molar-refractivity contribution in [1.82, 2.24) is 19.1 Å². The van der Waals surface area contributed by atoms with Crippen LogP contribution in [0.15, 0.2) is 9.59 Å². The molecule has 2 heterocycles. The zero-order chi connectivity index (χ0) is 20.8. The second-order valence-electron chi connectivity index (χ2n) is 6.95. The summed E-state index contributed by atoms with van der Waals surface area (Å²) < 4.78 is 8.22. The highest BCUT2D eigenvalue weighted by molar-refractivity contribution is 5.79. The van der Waals surface area contributed by atoms with Crippen molar-refractivity contribution in [3.8, 4) is 0 Å². The molecule has 0 saturated heterocycles. The number of hydrogen-bond donors (Lipinski definition) is 2. The number of fused-ring (bicyclic) bond motifs is 1. The molecule has 0 aliphatic heterocycles. The third-order valence-corrected chi connectivity index (χ3v) is 5.07. The molecule has 0 aliphatic rings. The predicted molar refractivity (Wildman–Crippen MR) is 107 cm³/mol. The number of hydrogen-bond acceptors (Lipinski definition) is 5. The normalized spacial score (nSPS) is 13.6. The molecule has 2 N–H and O–H groups in total. The number of unbranched alkanes of at least 4 members (excludes halogenated alkanes) is 1. The van der Waals surface area contributed by atoms with Gasteiger partial charge in [0, 0.05) is 7.05 Å². The van der Waals surface area contributed by atoms with Gasteiger partial charge < -0.3 is 14.2 Å². The number of rotatable bonds is 10. The fraction of sp³-hybridized carbons (Fsp3) is 0.684. The molecule has 0 aromatic carbocycles. The number of esters is 1. The minimum absolute atomic E-state index is 0.239. The second kappa shape index (κ2) is 9.68. The number of aryl methyl sites for hydroxylation is 1. The molecular formula is C19H32N5O4+. The van der Waals surface area contributed by atoms with E-state index in [2.05, 4.69) is 23.8 Å². The van der Waals surface area contributed by atoms with Gasteiger partial charge in [-0.25, -0.2) is 14.6 Å². The Morgan fingerprint density at radius 2 is 1.96 bits per heavy atom. The molecule has 0 radical (unpaired) electrons. The summed E-state index contributed by atoms with van der Waals surface area (Å²) in [7, 11) is 1.56. The highest BCUT2D eigenvalue weighted by atomic mass is 16.5. The summed E-state index contributed by atoms with van der Waals surface area (Å²) in [6.07, 6.45) is 2.63. The number of quaternary nitrogens is 1. The van der Waals surface area contributed by atoms with Gasteiger partial charge in [0.2, 0.25) is 0 Å². The van der Waals surface area contributed by atoms with Crippen LogP contribution in [-0.2, 0) is 23.1 Å². The number of carbonyl (C=O) groups is 1. The van der Waals surface area contributed by atoms with Crippen molar-refractivity contribution in [2.24, 2.45) is 7.05 Å². The first-order valence-electron chi connectivity index (χ1n) is 10.1. The summed E-state index contributed by atoms with van der Waals surface area (Å²) in [5.74, 6) is 0.222. The zero-order valence-electron chi connectivity index (χ0n) is 17.5. The number of aromatic amines is 1. The smallest absolute Gasteiger partial charge is 0.329 e. The fourth-order valence-corrected chi connectivity index (χ4v) is 3.44. The molecule has 0 fully saturated rings. The molecule has 0 saturated carbocycles. The van der Waals surface area contributed by atoms with Crippen LogP contribution in [0, 0.1) is 0 Å². The van der Waals surface area contributed by atoms with Crippen molar-refractivity contribution in [2.45, 2.75) is 59.5 Å². The molecule has 2 aromatic rings. The number of H-pyrrole nitrogens is 1. The zero-order valence-corrected chi connectivity index (χ0v) is 17.5. The molecule has 2 atom stereocenters. The van der Waals surface area contributed by atoms with Crippen LogP contribution in [-0.4, -0.2) is 44.8 Å². The lowest BCUT2D eigenvalue weighted by atomic mass is 10.2. The molecule has 0 amide bonds. The molecule has 9 heteroatoms. The largest absolute Gasteiger partial charge is 0.464 e. The monoisotopic (exact) mass is 394 g/mol. The Labute approximate surface area is 164 Å². The van der Waals surface area contributed by atoms with Crippen LogP contribution in [0.1, 0.15) is 58.8 Å². The predicted octanol–water partition coefficient (Wildman–Crippen LogP) is 0.142. The van der Waals surface area contributed by atoms with Crippen molar-refractivity contribution in [2.75, 3.05) is 19.7 Å². The maximum absolute atomic E-state index is 12.6. The minimum atomic E-state index is -0.664. The van der Waals surface area contributed by atoms with E-state index in [0.717, 1.165) is 25.9 Å². The SMILES string of the molecule is CCCC[NH+](CC)Cc1nc2c(c(=O)[nH]c(=O)n2C)n1[C@@H](CC)C(=O)OCC. The number of imidazole rings is 1. The first-order chi connectivity index (χ1) is 13.4. The summed E-state index contributed by atoms with van der Waals surface area (Å²) in [6, 6.07) is -0.664. The van der Waals surface area contributed by atoms with Crippen molar-refractivity contribution in [3.63, 3.8) is 0 Å². The Bertz CT molecular complexity index is 927. The van der Waals surface area contributed by atoms with Gasteiger partial charge in [-0.1, -0.05) is 20.3 Å². The third kappa shape index (κ3) is 4.35. The van der Waals surface area contributed by atoms with Gasteiger partial charge >= 0.3 is 11.7 Å². The third-order valence-electron chi connectivity index (χ3n) is 5.07. The van der Waals surface area contributed by atoms with Gasteiger partial charge in [0.25, 0.3) is 5.56 Å². The molecule has 156 valence electrons. The maximum atomic E-state index is 12.6. The maximum Gasteiger partial charge on any atom is 0.329 e. The van der Waals surface area contributed by atoms with Crippen molar-refractivity contribution in [3.05, 3.63) is 26.7 Å². The van der Waals surface area contributed by atoms with E-state index in [1.807, 2.05) is 6.92 Å². The number of nitrogens with zero attached hydrogens (tertiary/aromatic N) is 3. The summed E-state index contributed by atoms with van der Waals surface area (Å²) in [6.45, 7) is 10.6. The fourth-order valence-electron chi connectivity index (χ4n) is 3.44. The Hall–Kier alpha value is -2.42. The Balaban J connectivity index is 2.69. The molecule has 2 rings (SSSR count). The minimum Gasteiger partial charge on any atom is -0.464 e. The van der Waals surface area contributed by atoms with Gasteiger partial charge in [-0.3, -0.25) is 14.3 Å². The molecule has 0 bridgehead atoms. The van der Waals surface area contributed by atoms with Crippen LogP contribution in [0.3, 0.4) is 0 Å². The topological polar surface area (TPSA) is 103 Å². The molecule has 9 nitrogen and oxygen atoms in total. The second-order valence-corrected chi connectivity index (χ2v) is 6.95. The Morgan fingerprint density at radius 3 is 2.54 bits per heavy atom. The van der Waals surface area contributed by atoms with E-state index in [1.165, 1.54) is 9.47 Å². The van der Waals surface area contributed by atoms with Crippen LogP contribution in [0.2, 0.25) is 0 Å². The van der Waals surface area contributed by atoms with Gasteiger partial charge in [-0.05, 0) is 26.7 Å². The van der Waals surface area contributed by atoms with Gasteiger partial charge in [0.15, 0.2) is 17.0 Å². The number of nitrogens with one attached hydrogen (secondary N) is 2. The van der Waals surface area contributed by atoms with Gasteiger partial charge in [0.1, 0.15) is 12.6 Å². The molecule has 2 aromatic heterocycles. The summed E-state index contributed by atoms with van der Waals surface area (Å²) in [5.41, 5.74) is -0.532. The molecular weight excluding hydrogens is 362 g/mol. The molecule has 28 heavy (non-hydrogen) atoms. The average molecular weight is 394 g/mol. The lowest BCUT2D eigenvalue weighted by molar-refractivity contribution is -0.913. The highest BCUT2D eigenvalue weighted by Gasteiger charge is 2.29. The number of ether oxygens (including phenoxy) is 1. The van der Waals surface area contributed by atoms with Crippen molar-refractivity contribution >= 4 is 17.1 Å². The first kappa shape index (κ1) is 21.9. The van der Waals surface area contributed by atoms with Crippen LogP contribution in [0.4, 0.5) is 0 Å². The first-order valence-corrected chi connectivity index (χ1v) is 10.1. The van der Waals surface area contributed by atoms with Gasteiger partial charge in [0.05, 0.1) is 19.7 Å². The van der Waals surface area contributed by atoms with Crippen LogP contribution >= 0.6 is 0 Å². The molecule has 0 spiro atoms. The van der Waals surface area contributed by atoms with Crippen LogP contribution < -0.4 is 16.1 Å². The highest BCUT2D eigenvalue weighted by Crippen LogP contribution is 2.21. The van der Waals surface area contributed by atoms with E-state index in [1.54, 1.807) is 18.5 Å². The Morgan fingerprint density at radius 1 is 1.25 bits per heavy atom. The van der Waals surface area contributed by atoms with Crippen molar-refractivity contribution in [1.29, 1.82) is 0 Å². The van der Waals surface area contributed by atoms with E-state index < -0.39 is 23.3 Å². The molecule has 0 aliphatic carbocycles. The number of carbonyl (C=O) groups excluding carboxylic acids is 1. The van der Waals surface area contributed by atoms with Gasteiger partial charge in [-0.2, -0.15) is 0 Å². The quantitative estimate of drug-likeness (QED) is 0.558. The van der Waals surface area contributed by atoms with E-state index in [4.69, 9.17) is 4.74 Å². The van der Waals surface area contributed by atoms with Crippen LogP contribution in [0.25, 0.3) is 11.2 Å². The Kier molecular flexibility index (Phi) is 7.56. The van der Waals surface area contributed by atoms with Crippen molar-refractivity contribution < 1.29 is 14.4 Å². The van der Waals surface area contributed by atoms with E-state index in [-0.39, 0.29) is 17.8 Å². The lowest BCUT2D eigenvalue weighted by Crippen LogP contribution is -3.10. The van der Waals surface area contributed by atoms with E-state index in [0.29, 0.717) is 18.8 Å². The van der Waals surface area contributed by atoms with E-state index in [9.17, 15) is 14.4 Å². The number of aromatic nitrogens is 4. The van der Waals surface area contributed by atoms with Gasteiger partial charge in [-0.15, -0.1) is 0 Å². The summed E-state index contributed by atoms with van der Waals surface area (Å²) >= 11 is 0. The summed E-state index contributed by atoms with van der Waals surface area (Å²) in [5, 5.41) is 0. The molecule has 1 unspecified atom stereocenters. The lowest BCUT2D eigenvalue weighted by Gasteiger charge is -2.21. The standard InChI is InChI=1S/C19H31N5O4/c1-6-10-11-23(8-3)12-14-20-16-15(17(25)21-19(27)22(16)5)24(14)13(7-2)18(26)28-9-4/h13H,6-12H2,1-5H3,(H,21,25,27)/p+1/t13-/m0/s1. The summed E-state index contributed by atoms with van der Waals surface area (Å²) in [4.78, 5) is 45.5. The average Bonchev–Trinajstić information content (AvgIpc) is 3.03.